The van der Waals surface area contributed by atoms with Crippen LogP contribution in [0.3, 0.4) is 0 Å². The second-order valence-corrected chi connectivity index (χ2v) is 10.6. The highest BCUT2D eigenvalue weighted by atomic mass is 32.2. The maximum atomic E-state index is 12.4. The quantitative estimate of drug-likeness (QED) is 0.292. The number of amides is 1. The molecule has 5 rings (SSSR count). The van der Waals surface area contributed by atoms with E-state index in [1.54, 1.807) is 42.5 Å². The summed E-state index contributed by atoms with van der Waals surface area (Å²) in [5.41, 5.74) is 4.32. The largest absolute Gasteiger partial charge is 0.392 e. The second kappa shape index (κ2) is 12.6. The first-order valence-corrected chi connectivity index (χ1v) is 13.9. The van der Waals surface area contributed by atoms with Crippen molar-refractivity contribution in [2.75, 3.05) is 5.75 Å². The Bertz CT molecular complexity index is 1360. The third kappa shape index (κ3) is 6.57. The maximum Gasteiger partial charge on any atom is 0.253 e. The molecule has 4 atom stereocenters. The molecule has 1 aliphatic heterocycles. The Morgan fingerprint density at radius 2 is 1.77 bits per heavy atom. The Morgan fingerprint density at radius 3 is 2.44 bits per heavy atom. The summed E-state index contributed by atoms with van der Waals surface area (Å²) < 4.78 is 15.1. The van der Waals surface area contributed by atoms with Crippen molar-refractivity contribution in [2.24, 2.45) is 13.0 Å². The summed E-state index contributed by atoms with van der Waals surface area (Å²) in [7, 11) is 1.98. The molecule has 3 heterocycles. The molecule has 1 amide bonds. The maximum absolute atomic E-state index is 12.4. The van der Waals surface area contributed by atoms with Crippen LogP contribution >= 0.6 is 11.8 Å². The van der Waals surface area contributed by atoms with E-state index in [0.29, 0.717) is 12.1 Å². The van der Waals surface area contributed by atoms with Crippen LogP contribution in [0.25, 0.3) is 0 Å². The zero-order valence-electron chi connectivity index (χ0n) is 21.9. The summed E-state index contributed by atoms with van der Waals surface area (Å²) in [5, 5.41) is 13.3. The minimum Gasteiger partial charge on any atom is -0.392 e. The van der Waals surface area contributed by atoms with Crippen LogP contribution in [0.5, 0.6) is 0 Å². The van der Waals surface area contributed by atoms with Crippen LogP contribution < -0.4 is 5.32 Å². The first kappa shape index (κ1) is 27.1. The highest BCUT2D eigenvalue weighted by Crippen LogP contribution is 2.42. The van der Waals surface area contributed by atoms with Crippen LogP contribution in [0.15, 0.2) is 90.6 Å². The fourth-order valence-corrected chi connectivity index (χ4v) is 5.63. The van der Waals surface area contributed by atoms with Gasteiger partial charge in [-0.05, 0) is 28.8 Å². The van der Waals surface area contributed by atoms with Crippen molar-refractivity contribution in [3.8, 4) is 0 Å². The molecule has 39 heavy (non-hydrogen) atoms. The monoisotopic (exact) mass is 544 g/mol. The molecule has 202 valence electrons. The number of thioether (sulfide) groups is 1. The number of nitrogens with one attached hydrogen (secondary N) is 1. The Morgan fingerprint density at radius 1 is 1.03 bits per heavy atom. The highest BCUT2D eigenvalue weighted by molar-refractivity contribution is 7.99. The lowest BCUT2D eigenvalue weighted by Gasteiger charge is -2.41. The summed E-state index contributed by atoms with van der Waals surface area (Å²) in [4.78, 5) is 20.8. The highest BCUT2D eigenvalue weighted by Gasteiger charge is 2.38. The second-order valence-electron chi connectivity index (χ2n) is 9.62. The van der Waals surface area contributed by atoms with Gasteiger partial charge in [-0.15, -0.1) is 0 Å². The molecule has 0 saturated carbocycles. The van der Waals surface area contributed by atoms with Crippen LogP contribution in [0, 0.1) is 5.92 Å². The third-order valence-electron chi connectivity index (χ3n) is 6.91. The molecule has 1 aliphatic rings. The van der Waals surface area contributed by atoms with Gasteiger partial charge in [0.25, 0.3) is 5.91 Å². The Kier molecular flexibility index (Phi) is 8.73. The van der Waals surface area contributed by atoms with E-state index in [-0.39, 0.29) is 30.6 Å². The van der Waals surface area contributed by atoms with Gasteiger partial charge in [-0.1, -0.05) is 67.2 Å². The van der Waals surface area contributed by atoms with Gasteiger partial charge < -0.3 is 24.5 Å². The summed E-state index contributed by atoms with van der Waals surface area (Å²) >= 11 is 1.67. The molecule has 0 spiro atoms. The molecule has 0 radical (unpaired) electrons. The Labute approximate surface area is 232 Å². The van der Waals surface area contributed by atoms with Gasteiger partial charge in [-0.3, -0.25) is 9.78 Å². The van der Waals surface area contributed by atoms with E-state index in [4.69, 9.17) is 9.47 Å². The minimum absolute atomic E-state index is 0.00502. The number of benzene rings is 2. The summed E-state index contributed by atoms with van der Waals surface area (Å²) in [6.07, 6.45) is 6.12. The van der Waals surface area contributed by atoms with E-state index in [2.05, 4.69) is 22.2 Å². The Hall–Kier alpha value is -3.50. The van der Waals surface area contributed by atoms with Crippen LogP contribution in [-0.2, 0) is 29.7 Å². The number of aromatic nitrogens is 3. The predicted molar refractivity (Wildman–Crippen MR) is 149 cm³/mol. The number of carbonyl (C=O) groups is 1. The molecule has 4 aromatic rings. The summed E-state index contributed by atoms with van der Waals surface area (Å²) in [6.45, 7) is 2.56. The molecule has 1 fully saturated rings. The summed E-state index contributed by atoms with van der Waals surface area (Å²) in [6, 6.07) is 19.3. The van der Waals surface area contributed by atoms with Crippen molar-refractivity contribution in [3.63, 3.8) is 0 Å². The molecule has 2 aromatic heterocycles. The molecule has 9 heteroatoms. The lowest BCUT2D eigenvalue weighted by Crippen LogP contribution is -2.38. The van der Waals surface area contributed by atoms with Crippen molar-refractivity contribution in [1.29, 1.82) is 0 Å². The Balaban J connectivity index is 1.30. The smallest absolute Gasteiger partial charge is 0.253 e. The van der Waals surface area contributed by atoms with E-state index in [9.17, 15) is 9.90 Å². The molecular weight excluding hydrogens is 512 g/mol. The lowest BCUT2D eigenvalue weighted by molar-refractivity contribution is -0.268. The number of imidazole rings is 1. The average Bonchev–Trinajstić information content (AvgIpc) is 3.40. The standard InChI is InChI=1S/C30H32N4O4S/c1-20-26(19-39-30-32-14-15-34(30)2)37-29(38-27(20)23-9-7-22(18-35)8-10-23)24-11-5-21(6-12-24)16-33-28(36)25-4-3-13-31-17-25/h3-15,17,20,26-27,29,35H,16,18-19H2,1-2H3,(H,33,36)/t20-,26+,27+,29+/m0/s1. The number of nitrogens with zero attached hydrogens (tertiary/aromatic N) is 3. The number of pyridine rings is 1. The van der Waals surface area contributed by atoms with E-state index in [1.807, 2.05) is 66.3 Å². The number of hydrogen-bond donors (Lipinski definition) is 2. The predicted octanol–water partition coefficient (Wildman–Crippen LogP) is 4.82. The molecule has 2 N–H and O–H groups in total. The molecule has 8 nitrogen and oxygen atoms in total. The fourth-order valence-electron chi connectivity index (χ4n) is 4.53. The first-order chi connectivity index (χ1) is 19.0. The van der Waals surface area contributed by atoms with Gasteiger partial charge >= 0.3 is 0 Å². The van der Waals surface area contributed by atoms with E-state index in [1.165, 1.54) is 0 Å². The number of aryl methyl sites for hydroxylation is 1. The lowest BCUT2D eigenvalue weighted by atomic mass is 9.91. The minimum atomic E-state index is -0.547. The van der Waals surface area contributed by atoms with Crippen molar-refractivity contribution in [1.82, 2.24) is 19.9 Å². The zero-order chi connectivity index (χ0) is 27.2. The average molecular weight is 545 g/mol. The van der Waals surface area contributed by atoms with Gasteiger partial charge in [0, 0.05) is 55.6 Å². The van der Waals surface area contributed by atoms with Crippen LogP contribution in [0.1, 0.15) is 51.9 Å². The van der Waals surface area contributed by atoms with Crippen molar-refractivity contribution in [2.45, 2.75) is 43.7 Å². The van der Waals surface area contributed by atoms with Crippen molar-refractivity contribution < 1.29 is 19.4 Å². The van der Waals surface area contributed by atoms with Crippen LogP contribution in [0.4, 0.5) is 0 Å². The molecule has 0 unspecified atom stereocenters. The molecular formula is C30H32N4O4S. The number of rotatable bonds is 9. The van der Waals surface area contributed by atoms with Crippen LogP contribution in [-0.4, -0.2) is 37.4 Å². The van der Waals surface area contributed by atoms with Gasteiger partial charge in [-0.2, -0.15) is 0 Å². The molecule has 0 bridgehead atoms. The number of aliphatic hydroxyl groups is 1. The molecule has 1 saturated heterocycles. The molecule has 0 aliphatic carbocycles. The van der Waals surface area contributed by atoms with E-state index >= 15 is 0 Å². The fraction of sp³-hybridized carbons (Fsp3) is 0.300. The third-order valence-corrected chi connectivity index (χ3v) is 8.05. The van der Waals surface area contributed by atoms with Gasteiger partial charge in [0.2, 0.25) is 0 Å². The van der Waals surface area contributed by atoms with Gasteiger partial charge in [-0.25, -0.2) is 4.98 Å². The van der Waals surface area contributed by atoms with Gasteiger partial charge in [0.1, 0.15) is 0 Å². The van der Waals surface area contributed by atoms with Crippen molar-refractivity contribution >= 4 is 17.7 Å². The van der Waals surface area contributed by atoms with Crippen LogP contribution in [0.2, 0.25) is 0 Å². The van der Waals surface area contributed by atoms with E-state index in [0.717, 1.165) is 33.2 Å². The van der Waals surface area contributed by atoms with Crippen molar-refractivity contribution in [3.05, 3.63) is 113 Å². The summed E-state index contributed by atoms with van der Waals surface area (Å²) in [5.74, 6) is 0.662. The normalized spacial score (nSPS) is 21.0. The van der Waals surface area contributed by atoms with Gasteiger partial charge in [0.05, 0.1) is 24.4 Å². The zero-order valence-corrected chi connectivity index (χ0v) is 22.8. The van der Waals surface area contributed by atoms with Gasteiger partial charge in [0.15, 0.2) is 11.4 Å². The number of hydrogen-bond acceptors (Lipinski definition) is 7. The first-order valence-electron chi connectivity index (χ1n) is 12.9. The topological polar surface area (TPSA) is 98.5 Å². The number of aliphatic hydroxyl groups excluding tert-OH is 1. The molecule has 2 aromatic carbocycles. The number of ether oxygens (including phenoxy) is 2. The SMILES string of the molecule is C[C@H]1[C@@H](CSc2nccn2C)O[C@@H](c2ccc(CNC(=O)c3cccnc3)cc2)O[C@H]1c1ccc(CO)cc1. The van der Waals surface area contributed by atoms with E-state index < -0.39 is 6.29 Å². The number of carbonyl (C=O) groups excluding carboxylic acids is 1.